The molecule has 0 bridgehead atoms. The van der Waals surface area contributed by atoms with E-state index in [9.17, 15) is 19.5 Å². The van der Waals surface area contributed by atoms with Crippen LogP contribution in [0.1, 0.15) is 43.0 Å². The van der Waals surface area contributed by atoms with Gasteiger partial charge in [0, 0.05) is 26.6 Å². The number of para-hydroxylation sites is 1. The number of carbonyl (C=O) groups excluding carboxylic acids is 2. The monoisotopic (exact) mass is 638 g/mol. The summed E-state index contributed by atoms with van der Waals surface area (Å²) in [6, 6.07) is 19.7. The van der Waals surface area contributed by atoms with Gasteiger partial charge < -0.3 is 10.8 Å². The third-order valence-corrected chi connectivity index (χ3v) is 9.09. The molecule has 0 saturated carbocycles. The van der Waals surface area contributed by atoms with E-state index in [0.717, 1.165) is 5.56 Å². The van der Waals surface area contributed by atoms with Crippen molar-refractivity contribution in [3.63, 3.8) is 0 Å². The number of anilines is 2. The van der Waals surface area contributed by atoms with Crippen molar-refractivity contribution >= 4 is 70.7 Å². The van der Waals surface area contributed by atoms with Gasteiger partial charge in [0.1, 0.15) is 4.87 Å². The summed E-state index contributed by atoms with van der Waals surface area (Å²) >= 11 is 12.5. The van der Waals surface area contributed by atoms with Crippen LogP contribution in [-0.2, 0) is 20.8 Å². The SMILES string of the molecule is Cc1cccc(CC(=O)O)c1N1C(=O)C(NCC(=O)C(N)(S)CSC(C)(C)C)N=C(c2ccccc2)c2cc(Cl)ccc21. The number of aliphatic imine (C=N–C) groups is 1. The van der Waals surface area contributed by atoms with Gasteiger partial charge in [-0.3, -0.25) is 29.6 Å². The zero-order valence-corrected chi connectivity index (χ0v) is 26.9. The Balaban J connectivity index is 1.84. The molecule has 2 atom stereocenters. The number of benzene rings is 3. The van der Waals surface area contributed by atoms with Crippen LogP contribution >= 0.6 is 36.0 Å². The number of halogens is 1. The predicted octanol–water partition coefficient (Wildman–Crippen LogP) is 5.39. The maximum absolute atomic E-state index is 14.5. The molecule has 43 heavy (non-hydrogen) atoms. The molecule has 0 fully saturated rings. The number of fused-ring (bicyclic) bond motifs is 1. The molecule has 4 N–H and O–H groups in total. The van der Waals surface area contributed by atoms with Gasteiger partial charge >= 0.3 is 5.97 Å². The Kier molecular flexibility index (Phi) is 10.1. The summed E-state index contributed by atoms with van der Waals surface area (Å²) in [5.41, 5.74) is 10.2. The van der Waals surface area contributed by atoms with Gasteiger partial charge in [0.15, 0.2) is 11.9 Å². The van der Waals surface area contributed by atoms with E-state index >= 15 is 0 Å². The van der Waals surface area contributed by atoms with Crippen LogP contribution in [0.2, 0.25) is 5.02 Å². The van der Waals surface area contributed by atoms with Crippen molar-refractivity contribution in [1.29, 1.82) is 0 Å². The minimum atomic E-state index is -1.44. The maximum Gasteiger partial charge on any atom is 0.307 e. The van der Waals surface area contributed by atoms with Crippen LogP contribution in [0.15, 0.2) is 71.7 Å². The van der Waals surface area contributed by atoms with Crippen LogP contribution < -0.4 is 16.0 Å². The molecule has 8 nitrogen and oxygen atoms in total. The molecule has 0 saturated heterocycles. The molecular formula is C32H35ClN4O4S2. The van der Waals surface area contributed by atoms with Gasteiger partial charge in [-0.15, -0.1) is 12.6 Å². The summed E-state index contributed by atoms with van der Waals surface area (Å²) in [7, 11) is 0. The standard InChI is InChI=1S/C32H35ClN4O4S2/c1-19-9-8-12-21(15-26(39)40)28(19)37-24-14-13-22(33)16-23(24)27(20-10-6-5-7-11-20)36-29(30(37)41)35-17-25(38)32(34,42)18-43-31(2,3)4/h5-14,16,29,35,42H,15,17-18,34H2,1-4H3,(H,39,40). The largest absolute Gasteiger partial charge is 0.481 e. The van der Waals surface area contributed by atoms with E-state index in [4.69, 9.17) is 22.3 Å². The van der Waals surface area contributed by atoms with Crippen LogP contribution in [0.4, 0.5) is 11.4 Å². The van der Waals surface area contributed by atoms with Crippen LogP contribution in [0.25, 0.3) is 0 Å². The molecule has 3 aromatic carbocycles. The lowest BCUT2D eigenvalue weighted by Gasteiger charge is -2.30. The Labute approximate surface area is 266 Å². The second kappa shape index (κ2) is 13.2. The Morgan fingerprint density at radius 2 is 1.81 bits per heavy atom. The first-order valence-electron chi connectivity index (χ1n) is 13.7. The number of nitrogens with one attached hydrogen (secondary N) is 1. The fourth-order valence-corrected chi connectivity index (χ4v) is 5.93. The van der Waals surface area contributed by atoms with Crippen molar-refractivity contribution in [3.8, 4) is 0 Å². The fourth-order valence-electron chi connectivity index (χ4n) is 4.67. The number of carbonyl (C=O) groups is 3. The number of hydrogen-bond donors (Lipinski definition) is 4. The number of aryl methyl sites for hydroxylation is 1. The smallest absolute Gasteiger partial charge is 0.307 e. The fraction of sp³-hybridized carbons (Fsp3) is 0.312. The van der Waals surface area contributed by atoms with Crippen LogP contribution in [0.3, 0.4) is 0 Å². The number of ketones is 1. The third-order valence-electron chi connectivity index (χ3n) is 6.77. The van der Waals surface area contributed by atoms with Gasteiger partial charge in [0.25, 0.3) is 5.91 Å². The summed E-state index contributed by atoms with van der Waals surface area (Å²) in [5, 5.41) is 13.1. The molecule has 1 aliphatic rings. The van der Waals surface area contributed by atoms with Gasteiger partial charge in [-0.05, 0) is 36.2 Å². The van der Waals surface area contributed by atoms with Crippen molar-refractivity contribution < 1.29 is 19.5 Å². The quantitative estimate of drug-likeness (QED) is 0.173. The number of carboxylic acid groups (broad SMARTS) is 1. The summed E-state index contributed by atoms with van der Waals surface area (Å²) in [6.07, 6.45) is -1.52. The number of nitrogens with two attached hydrogens (primary N) is 1. The molecule has 1 heterocycles. The second-order valence-corrected chi connectivity index (χ2v) is 14.4. The van der Waals surface area contributed by atoms with E-state index in [1.54, 1.807) is 30.3 Å². The van der Waals surface area contributed by atoms with E-state index in [1.807, 2.05) is 64.1 Å². The van der Waals surface area contributed by atoms with E-state index in [0.29, 0.717) is 38.8 Å². The lowest BCUT2D eigenvalue weighted by molar-refractivity contribution is -0.136. The first-order valence-corrected chi connectivity index (χ1v) is 15.5. The number of thioether (sulfide) groups is 1. The molecule has 11 heteroatoms. The maximum atomic E-state index is 14.5. The molecular weight excluding hydrogens is 604 g/mol. The number of rotatable bonds is 10. The molecule has 4 rings (SSSR count). The van der Waals surface area contributed by atoms with E-state index in [-0.39, 0.29) is 23.5 Å². The van der Waals surface area contributed by atoms with Crippen LogP contribution in [-0.4, -0.2) is 56.6 Å². The van der Waals surface area contributed by atoms with Crippen LogP contribution in [0, 0.1) is 6.92 Å². The number of aliphatic carboxylic acids is 1. The van der Waals surface area contributed by atoms with Crippen molar-refractivity contribution in [1.82, 2.24) is 5.32 Å². The second-order valence-electron chi connectivity index (χ2n) is 11.4. The van der Waals surface area contributed by atoms with Crippen molar-refractivity contribution in [3.05, 3.63) is 94.0 Å². The highest BCUT2D eigenvalue weighted by atomic mass is 35.5. The van der Waals surface area contributed by atoms with Gasteiger partial charge in [0.05, 0.1) is 30.1 Å². The molecule has 1 amide bonds. The zero-order chi connectivity index (χ0) is 31.5. The van der Waals surface area contributed by atoms with Gasteiger partial charge in [0.2, 0.25) is 0 Å². The minimum Gasteiger partial charge on any atom is -0.481 e. The molecule has 0 aliphatic carbocycles. The number of amides is 1. The highest BCUT2D eigenvalue weighted by Crippen LogP contribution is 2.39. The van der Waals surface area contributed by atoms with Gasteiger partial charge in [-0.1, -0.05) is 80.9 Å². The zero-order valence-electron chi connectivity index (χ0n) is 24.4. The van der Waals surface area contributed by atoms with Crippen molar-refractivity contribution in [2.75, 3.05) is 17.2 Å². The molecule has 226 valence electrons. The number of hydrogen-bond acceptors (Lipinski definition) is 8. The highest BCUT2D eigenvalue weighted by Gasteiger charge is 2.37. The van der Waals surface area contributed by atoms with Gasteiger partial charge in [-0.2, -0.15) is 11.8 Å². The molecule has 0 aromatic heterocycles. The first-order chi connectivity index (χ1) is 20.2. The van der Waals surface area contributed by atoms with Crippen molar-refractivity contribution in [2.45, 2.75) is 49.9 Å². The average molecular weight is 639 g/mol. The Hall–Kier alpha value is -3.15. The normalized spacial score (nSPS) is 16.6. The Morgan fingerprint density at radius 3 is 2.47 bits per heavy atom. The minimum absolute atomic E-state index is 0.123. The Bertz CT molecular complexity index is 1570. The van der Waals surface area contributed by atoms with E-state index in [2.05, 4.69) is 17.9 Å². The van der Waals surface area contributed by atoms with Crippen LogP contribution in [0.5, 0.6) is 0 Å². The first kappa shape index (κ1) is 32.8. The number of carboxylic acids is 1. The Morgan fingerprint density at radius 1 is 1.12 bits per heavy atom. The topological polar surface area (TPSA) is 125 Å². The number of thiol groups is 1. The summed E-state index contributed by atoms with van der Waals surface area (Å²) in [4.78, 5) is 44.5. The summed E-state index contributed by atoms with van der Waals surface area (Å²) < 4.78 is -0.123. The van der Waals surface area contributed by atoms with E-state index in [1.165, 1.54) is 16.7 Å². The number of benzodiazepines with no additional fused rings is 1. The molecule has 3 aromatic rings. The molecule has 2 unspecified atom stereocenters. The lowest BCUT2D eigenvalue weighted by Crippen LogP contribution is -2.53. The van der Waals surface area contributed by atoms with Gasteiger partial charge in [-0.25, -0.2) is 0 Å². The average Bonchev–Trinajstić information content (AvgIpc) is 3.04. The summed E-state index contributed by atoms with van der Waals surface area (Å²) in [6.45, 7) is 7.62. The highest BCUT2D eigenvalue weighted by molar-refractivity contribution is 8.01. The van der Waals surface area contributed by atoms with Crippen molar-refractivity contribution in [2.24, 2.45) is 10.7 Å². The molecule has 1 aliphatic heterocycles. The molecule has 0 spiro atoms. The predicted molar refractivity (Wildman–Crippen MR) is 178 cm³/mol. The lowest BCUT2D eigenvalue weighted by atomic mass is 9.98. The number of Topliss-reactive ketones (excluding diaryl/α,β-unsaturated/α-hetero) is 1. The molecule has 0 radical (unpaired) electrons. The summed E-state index contributed by atoms with van der Waals surface area (Å²) in [5.74, 6) is -1.65. The third kappa shape index (κ3) is 7.87. The van der Waals surface area contributed by atoms with E-state index < -0.39 is 28.7 Å². The number of nitrogens with zero attached hydrogens (tertiary/aromatic N) is 2.